The second-order valence-electron chi connectivity index (χ2n) is 4.81. The quantitative estimate of drug-likeness (QED) is 0.767. The van der Waals surface area contributed by atoms with Gasteiger partial charge in [0, 0.05) is 21.5 Å². The third kappa shape index (κ3) is 4.16. The van der Waals surface area contributed by atoms with Crippen molar-refractivity contribution in [2.75, 3.05) is 7.11 Å². The molecule has 0 saturated heterocycles. The molecule has 21 heavy (non-hydrogen) atoms. The van der Waals surface area contributed by atoms with Crippen molar-refractivity contribution in [3.63, 3.8) is 0 Å². The second kappa shape index (κ2) is 7.74. The smallest absolute Gasteiger partial charge is 0.123 e. The Morgan fingerprint density at radius 1 is 1.14 bits per heavy atom. The predicted molar refractivity (Wildman–Crippen MR) is 91.3 cm³/mol. The maximum absolute atomic E-state index is 6.35. The predicted octanol–water partition coefficient (Wildman–Crippen LogP) is 4.92. The number of para-hydroxylation sites is 1. The summed E-state index contributed by atoms with van der Waals surface area (Å²) in [6.07, 6.45) is 0.906. The Morgan fingerprint density at radius 3 is 2.43 bits per heavy atom. The highest BCUT2D eigenvalue weighted by molar-refractivity contribution is 7.99. The summed E-state index contributed by atoms with van der Waals surface area (Å²) in [5.74, 6) is 0.882. The summed E-state index contributed by atoms with van der Waals surface area (Å²) < 4.78 is 5.49. The highest BCUT2D eigenvalue weighted by Gasteiger charge is 2.23. The summed E-state index contributed by atoms with van der Waals surface area (Å²) in [5.41, 5.74) is 7.48. The normalized spacial score (nSPS) is 13.7. The van der Waals surface area contributed by atoms with E-state index in [9.17, 15) is 0 Å². The van der Waals surface area contributed by atoms with E-state index in [4.69, 9.17) is 22.1 Å². The number of hydrogen-bond acceptors (Lipinski definition) is 3. The maximum Gasteiger partial charge on any atom is 0.123 e. The minimum atomic E-state index is 0.0574. The van der Waals surface area contributed by atoms with Crippen LogP contribution in [-0.2, 0) is 0 Å². The lowest BCUT2D eigenvalue weighted by molar-refractivity contribution is 0.407. The van der Waals surface area contributed by atoms with Crippen molar-refractivity contribution in [2.24, 2.45) is 5.73 Å². The number of rotatable bonds is 6. The molecule has 0 amide bonds. The molecule has 2 aromatic rings. The fourth-order valence-corrected chi connectivity index (χ4v) is 3.56. The SMILES string of the molecule is CCC(N)C(Sc1ccc(Cl)cc1)c1ccccc1OC. The molecule has 0 aliphatic heterocycles. The topological polar surface area (TPSA) is 35.2 Å². The molecular weight excluding hydrogens is 302 g/mol. The van der Waals surface area contributed by atoms with Gasteiger partial charge in [0.25, 0.3) is 0 Å². The van der Waals surface area contributed by atoms with E-state index in [0.717, 1.165) is 27.7 Å². The Labute approximate surface area is 135 Å². The number of nitrogens with two attached hydrogens (primary N) is 1. The molecule has 0 aromatic heterocycles. The molecule has 2 atom stereocenters. The van der Waals surface area contributed by atoms with Crippen LogP contribution in [-0.4, -0.2) is 13.2 Å². The van der Waals surface area contributed by atoms with E-state index in [0.29, 0.717) is 0 Å². The van der Waals surface area contributed by atoms with Crippen molar-refractivity contribution in [1.82, 2.24) is 0 Å². The van der Waals surface area contributed by atoms with Crippen molar-refractivity contribution in [3.8, 4) is 5.75 Å². The first-order valence-electron chi connectivity index (χ1n) is 6.96. The lowest BCUT2D eigenvalue weighted by Crippen LogP contribution is -2.26. The fraction of sp³-hybridized carbons (Fsp3) is 0.294. The van der Waals surface area contributed by atoms with Gasteiger partial charge in [-0.05, 0) is 36.8 Å². The van der Waals surface area contributed by atoms with Gasteiger partial charge in [-0.3, -0.25) is 0 Å². The van der Waals surface area contributed by atoms with Gasteiger partial charge in [-0.15, -0.1) is 11.8 Å². The molecule has 112 valence electrons. The van der Waals surface area contributed by atoms with Crippen LogP contribution in [0.2, 0.25) is 5.02 Å². The Hall–Kier alpha value is -1.16. The first-order chi connectivity index (χ1) is 10.2. The average Bonchev–Trinajstić information content (AvgIpc) is 2.53. The van der Waals surface area contributed by atoms with Gasteiger partial charge in [0.1, 0.15) is 5.75 Å². The van der Waals surface area contributed by atoms with Gasteiger partial charge in [-0.25, -0.2) is 0 Å². The van der Waals surface area contributed by atoms with Gasteiger partial charge >= 0.3 is 0 Å². The van der Waals surface area contributed by atoms with E-state index in [2.05, 4.69) is 13.0 Å². The monoisotopic (exact) mass is 321 g/mol. The van der Waals surface area contributed by atoms with Gasteiger partial charge in [0.15, 0.2) is 0 Å². The Bertz CT molecular complexity index is 573. The molecule has 2 N–H and O–H groups in total. The first-order valence-corrected chi connectivity index (χ1v) is 8.22. The largest absolute Gasteiger partial charge is 0.496 e. The van der Waals surface area contributed by atoms with Gasteiger partial charge in [0.05, 0.1) is 12.4 Å². The van der Waals surface area contributed by atoms with Gasteiger partial charge < -0.3 is 10.5 Å². The van der Waals surface area contributed by atoms with Crippen LogP contribution in [0.15, 0.2) is 53.4 Å². The van der Waals surface area contributed by atoms with E-state index in [1.54, 1.807) is 18.9 Å². The zero-order valence-corrected chi connectivity index (χ0v) is 13.8. The third-order valence-corrected chi connectivity index (χ3v) is 5.04. The molecule has 0 aliphatic rings. The van der Waals surface area contributed by atoms with E-state index in [-0.39, 0.29) is 11.3 Å². The highest BCUT2D eigenvalue weighted by atomic mass is 35.5. The lowest BCUT2D eigenvalue weighted by atomic mass is 10.0. The average molecular weight is 322 g/mol. The molecule has 0 heterocycles. The fourth-order valence-electron chi connectivity index (χ4n) is 2.16. The molecule has 0 radical (unpaired) electrons. The molecule has 2 rings (SSSR count). The summed E-state index contributed by atoms with van der Waals surface area (Å²) in [6, 6.07) is 16.0. The molecule has 0 bridgehead atoms. The molecule has 0 spiro atoms. The van der Waals surface area contributed by atoms with E-state index < -0.39 is 0 Å². The first kappa shape index (κ1) is 16.2. The van der Waals surface area contributed by atoms with Crippen molar-refractivity contribution < 1.29 is 4.74 Å². The van der Waals surface area contributed by atoms with Crippen LogP contribution in [0.5, 0.6) is 5.75 Å². The second-order valence-corrected chi connectivity index (χ2v) is 6.46. The van der Waals surface area contributed by atoms with Gasteiger partial charge in [-0.2, -0.15) is 0 Å². The molecule has 0 saturated carbocycles. The number of methoxy groups -OCH3 is 1. The number of thioether (sulfide) groups is 1. The van der Waals surface area contributed by atoms with Crippen LogP contribution in [0.1, 0.15) is 24.2 Å². The minimum Gasteiger partial charge on any atom is -0.496 e. The number of hydrogen-bond donors (Lipinski definition) is 1. The van der Waals surface area contributed by atoms with E-state index in [1.165, 1.54) is 0 Å². The van der Waals surface area contributed by atoms with E-state index in [1.807, 2.05) is 42.5 Å². The Balaban J connectivity index is 2.32. The zero-order valence-electron chi connectivity index (χ0n) is 12.3. The van der Waals surface area contributed by atoms with Crippen molar-refractivity contribution in [1.29, 1.82) is 0 Å². The number of benzene rings is 2. The summed E-state index contributed by atoms with van der Waals surface area (Å²) in [7, 11) is 1.69. The molecule has 2 unspecified atom stereocenters. The molecule has 2 aromatic carbocycles. The van der Waals surface area contributed by atoms with Gasteiger partial charge in [-0.1, -0.05) is 36.7 Å². The highest BCUT2D eigenvalue weighted by Crippen LogP contribution is 2.41. The van der Waals surface area contributed by atoms with Crippen LogP contribution < -0.4 is 10.5 Å². The van der Waals surface area contributed by atoms with E-state index >= 15 is 0 Å². The van der Waals surface area contributed by atoms with Crippen molar-refractivity contribution in [2.45, 2.75) is 29.5 Å². The Morgan fingerprint density at radius 2 is 1.81 bits per heavy atom. The molecule has 0 fully saturated rings. The summed E-state index contributed by atoms with van der Waals surface area (Å²) in [5, 5.41) is 0.889. The van der Waals surface area contributed by atoms with Crippen LogP contribution >= 0.6 is 23.4 Å². The zero-order chi connectivity index (χ0) is 15.2. The summed E-state index contributed by atoms with van der Waals surface area (Å²) in [6.45, 7) is 2.11. The van der Waals surface area contributed by atoms with Crippen LogP contribution in [0, 0.1) is 0 Å². The minimum absolute atomic E-state index is 0.0574. The molecule has 2 nitrogen and oxygen atoms in total. The molecule has 0 aliphatic carbocycles. The van der Waals surface area contributed by atoms with Crippen LogP contribution in [0.4, 0.5) is 0 Å². The molecular formula is C17H20ClNOS. The number of halogens is 1. The standard InChI is InChI=1S/C17H20ClNOS/c1-3-15(19)17(14-6-4-5-7-16(14)20-2)21-13-10-8-12(18)9-11-13/h4-11,15,17H,3,19H2,1-2H3. The Kier molecular flexibility index (Phi) is 5.97. The molecule has 4 heteroatoms. The summed E-state index contributed by atoms with van der Waals surface area (Å²) in [4.78, 5) is 1.15. The lowest BCUT2D eigenvalue weighted by Gasteiger charge is -2.24. The number of ether oxygens (including phenoxy) is 1. The van der Waals surface area contributed by atoms with Gasteiger partial charge in [0.2, 0.25) is 0 Å². The van der Waals surface area contributed by atoms with Crippen molar-refractivity contribution in [3.05, 3.63) is 59.1 Å². The maximum atomic E-state index is 6.35. The van der Waals surface area contributed by atoms with Crippen LogP contribution in [0.3, 0.4) is 0 Å². The third-order valence-electron chi connectivity index (χ3n) is 3.38. The van der Waals surface area contributed by atoms with Crippen molar-refractivity contribution >= 4 is 23.4 Å². The van der Waals surface area contributed by atoms with Crippen LogP contribution in [0.25, 0.3) is 0 Å². The summed E-state index contributed by atoms with van der Waals surface area (Å²) >= 11 is 7.70.